The van der Waals surface area contributed by atoms with E-state index in [4.69, 9.17) is 9.88 Å². The zero-order valence-corrected chi connectivity index (χ0v) is 17.3. The van der Waals surface area contributed by atoms with Gasteiger partial charge in [0.2, 0.25) is 5.91 Å². The summed E-state index contributed by atoms with van der Waals surface area (Å²) in [5.41, 5.74) is 1.30. The van der Waals surface area contributed by atoms with Crippen LogP contribution in [0.5, 0.6) is 5.75 Å². The molecule has 1 fully saturated rings. The third-order valence-corrected chi connectivity index (χ3v) is 6.81. The highest BCUT2D eigenvalue weighted by atomic mass is 32.2. The molecule has 0 radical (unpaired) electrons. The van der Waals surface area contributed by atoms with Crippen molar-refractivity contribution >= 4 is 27.5 Å². The van der Waals surface area contributed by atoms with E-state index in [0.29, 0.717) is 50.6 Å². The second-order valence-corrected chi connectivity index (χ2v) is 8.76. The molecule has 1 aliphatic heterocycles. The molecule has 2 aromatic carbocycles. The molecule has 0 bridgehead atoms. The van der Waals surface area contributed by atoms with Crippen molar-refractivity contribution < 1.29 is 17.9 Å². The maximum absolute atomic E-state index is 12.6. The van der Waals surface area contributed by atoms with E-state index in [1.807, 2.05) is 30.3 Å². The first-order valence-corrected chi connectivity index (χ1v) is 11.0. The fourth-order valence-corrected chi connectivity index (χ4v) is 4.75. The molecule has 3 rings (SSSR count). The van der Waals surface area contributed by atoms with Gasteiger partial charge in [-0.05, 0) is 18.2 Å². The van der Waals surface area contributed by atoms with E-state index in [1.54, 1.807) is 24.3 Å². The maximum atomic E-state index is 12.6. The van der Waals surface area contributed by atoms with Crippen molar-refractivity contribution in [3.8, 4) is 5.75 Å². The van der Waals surface area contributed by atoms with Gasteiger partial charge in [0.1, 0.15) is 13.1 Å². The first-order chi connectivity index (χ1) is 13.9. The number of benzene rings is 2. The number of amides is 1. The van der Waals surface area contributed by atoms with Gasteiger partial charge >= 0.3 is 10.2 Å². The number of quaternary nitrogens is 1. The van der Waals surface area contributed by atoms with Gasteiger partial charge in [-0.25, -0.2) is 0 Å². The summed E-state index contributed by atoms with van der Waals surface area (Å²) in [6, 6.07) is 16.3. The van der Waals surface area contributed by atoms with Gasteiger partial charge in [-0.1, -0.05) is 30.3 Å². The Balaban J connectivity index is 1.64. The average Bonchev–Trinajstić information content (AvgIpc) is 2.72. The van der Waals surface area contributed by atoms with E-state index in [0.717, 1.165) is 5.69 Å². The Morgan fingerprint density at radius 1 is 1.10 bits per heavy atom. The van der Waals surface area contributed by atoms with Gasteiger partial charge in [0, 0.05) is 37.8 Å². The number of piperazine rings is 1. The predicted molar refractivity (Wildman–Crippen MR) is 114 cm³/mol. The lowest BCUT2D eigenvalue weighted by Crippen LogP contribution is -2.65. The van der Waals surface area contributed by atoms with Crippen LogP contribution >= 0.6 is 0 Å². The molecule has 1 heterocycles. The Labute approximate surface area is 171 Å². The van der Waals surface area contributed by atoms with Crippen LogP contribution in [0.3, 0.4) is 0 Å². The van der Waals surface area contributed by atoms with Crippen molar-refractivity contribution in [2.45, 2.75) is 6.42 Å². The molecule has 0 saturated carbocycles. The van der Waals surface area contributed by atoms with Gasteiger partial charge in [0.15, 0.2) is 11.4 Å². The molecule has 0 unspecified atom stereocenters. The SMILES string of the molecule is COc1ccccc1[N+]1(S(N)(=O)=O)CCN(CCC(=O)Nc2ccccc2)CC1. The number of carbonyl (C=O) groups excluding carboxylic acids is 1. The molecule has 9 heteroatoms. The maximum Gasteiger partial charge on any atom is 0.372 e. The van der Waals surface area contributed by atoms with Crippen molar-refractivity contribution in [2.24, 2.45) is 5.14 Å². The fraction of sp³-hybridized carbons (Fsp3) is 0.350. The van der Waals surface area contributed by atoms with E-state index in [9.17, 15) is 13.2 Å². The molecule has 29 heavy (non-hydrogen) atoms. The van der Waals surface area contributed by atoms with Crippen LogP contribution in [-0.4, -0.2) is 59.1 Å². The van der Waals surface area contributed by atoms with Gasteiger partial charge in [0.05, 0.1) is 7.11 Å². The standard InChI is InChI=1S/C20H26N4O4S/c1-28-19-10-6-5-9-18(19)24(29(21,26)27)15-13-23(14-16-24)12-11-20(25)22-17-7-3-2-4-8-17/h2-10H,11-16H2,1H3,(H2-,21,22,25,26,27)/p+1. The summed E-state index contributed by atoms with van der Waals surface area (Å²) in [5, 5.41) is 8.52. The van der Waals surface area contributed by atoms with Gasteiger partial charge in [-0.15, -0.1) is 0 Å². The largest absolute Gasteiger partial charge is 0.491 e. The number of anilines is 1. The number of para-hydroxylation sites is 3. The minimum atomic E-state index is -3.92. The zero-order valence-electron chi connectivity index (χ0n) is 16.5. The lowest BCUT2D eigenvalue weighted by atomic mass is 10.2. The van der Waals surface area contributed by atoms with Gasteiger partial charge in [-0.2, -0.15) is 17.4 Å². The van der Waals surface area contributed by atoms with Crippen molar-refractivity contribution in [3.63, 3.8) is 0 Å². The van der Waals surface area contributed by atoms with Crippen LogP contribution in [0, 0.1) is 0 Å². The number of methoxy groups -OCH3 is 1. The van der Waals surface area contributed by atoms with Crippen LogP contribution in [-0.2, 0) is 15.0 Å². The van der Waals surface area contributed by atoms with E-state index in [1.165, 1.54) is 7.11 Å². The highest BCUT2D eigenvalue weighted by Gasteiger charge is 2.46. The minimum absolute atomic E-state index is 0.0706. The molecular weight excluding hydrogens is 392 g/mol. The van der Waals surface area contributed by atoms with Crippen LogP contribution in [0.25, 0.3) is 0 Å². The molecule has 8 nitrogen and oxygen atoms in total. The number of hydrogen-bond donors (Lipinski definition) is 2. The number of nitrogens with one attached hydrogen (secondary N) is 1. The lowest BCUT2D eigenvalue weighted by Gasteiger charge is -2.41. The normalized spacial score (nSPS) is 16.9. The summed E-state index contributed by atoms with van der Waals surface area (Å²) >= 11 is 0. The Kier molecular flexibility index (Phi) is 6.53. The van der Waals surface area contributed by atoms with Crippen molar-refractivity contribution in [1.82, 2.24) is 8.79 Å². The second-order valence-electron chi connectivity index (χ2n) is 7.03. The average molecular weight is 420 g/mol. The fourth-order valence-electron chi connectivity index (χ4n) is 3.66. The number of rotatable bonds is 7. The van der Waals surface area contributed by atoms with E-state index in [2.05, 4.69) is 10.2 Å². The molecule has 1 saturated heterocycles. The quantitative estimate of drug-likeness (QED) is 0.663. The van der Waals surface area contributed by atoms with E-state index >= 15 is 0 Å². The van der Waals surface area contributed by atoms with Crippen LogP contribution in [0.2, 0.25) is 0 Å². The third kappa shape index (κ3) is 4.76. The monoisotopic (exact) mass is 419 g/mol. The van der Waals surface area contributed by atoms with Crippen molar-refractivity contribution in [2.75, 3.05) is 45.2 Å². The Bertz CT molecular complexity index is 942. The van der Waals surface area contributed by atoms with Crippen LogP contribution in [0.4, 0.5) is 11.4 Å². The van der Waals surface area contributed by atoms with Gasteiger partial charge in [0.25, 0.3) is 0 Å². The minimum Gasteiger partial charge on any atom is -0.491 e. The predicted octanol–water partition coefficient (Wildman–Crippen LogP) is 1.55. The number of hydrogen-bond acceptors (Lipinski definition) is 5. The molecule has 156 valence electrons. The number of nitrogens with two attached hydrogens (primary N) is 1. The molecule has 0 aliphatic carbocycles. The highest BCUT2D eigenvalue weighted by Crippen LogP contribution is 2.36. The highest BCUT2D eigenvalue weighted by molar-refractivity contribution is 7.88. The van der Waals surface area contributed by atoms with E-state index in [-0.39, 0.29) is 9.80 Å². The Hall–Kier alpha value is -2.46. The summed E-state index contributed by atoms with van der Waals surface area (Å²) in [6.45, 7) is 2.15. The van der Waals surface area contributed by atoms with Crippen LogP contribution in [0.1, 0.15) is 6.42 Å². The molecule has 1 amide bonds. The molecule has 0 spiro atoms. The summed E-state index contributed by atoms with van der Waals surface area (Å²) in [4.78, 5) is 14.3. The molecule has 1 aliphatic rings. The van der Waals surface area contributed by atoms with Crippen LogP contribution < -0.4 is 19.1 Å². The second kappa shape index (κ2) is 8.91. The number of nitrogens with zero attached hydrogens (tertiary/aromatic N) is 2. The van der Waals surface area contributed by atoms with Gasteiger partial charge in [-0.3, -0.25) is 9.69 Å². The third-order valence-electron chi connectivity index (χ3n) is 5.28. The Morgan fingerprint density at radius 3 is 2.34 bits per heavy atom. The van der Waals surface area contributed by atoms with E-state index < -0.39 is 10.2 Å². The molecule has 0 aromatic heterocycles. The lowest BCUT2D eigenvalue weighted by molar-refractivity contribution is -0.116. The summed E-state index contributed by atoms with van der Waals surface area (Å²) < 4.78 is 30.2. The van der Waals surface area contributed by atoms with Gasteiger partial charge < -0.3 is 10.1 Å². The Morgan fingerprint density at radius 2 is 1.72 bits per heavy atom. The molecule has 0 atom stereocenters. The van der Waals surface area contributed by atoms with Crippen molar-refractivity contribution in [3.05, 3.63) is 54.6 Å². The topological polar surface area (TPSA) is 102 Å². The number of ether oxygens (including phenoxy) is 1. The summed E-state index contributed by atoms with van der Waals surface area (Å²) in [7, 11) is -2.40. The molecular formula is C20H27N4O4S+. The van der Waals surface area contributed by atoms with Crippen LogP contribution in [0.15, 0.2) is 54.6 Å². The smallest absolute Gasteiger partial charge is 0.372 e. The molecule has 2 aromatic rings. The summed E-state index contributed by atoms with van der Waals surface area (Å²) in [5.74, 6) is 0.427. The summed E-state index contributed by atoms with van der Waals surface area (Å²) in [6.07, 6.45) is 0.332. The molecule has 3 N–H and O–H groups in total. The first kappa shape index (κ1) is 21.3. The first-order valence-electron chi connectivity index (χ1n) is 9.46. The van der Waals surface area contributed by atoms with Crippen molar-refractivity contribution in [1.29, 1.82) is 0 Å². The number of carbonyl (C=O) groups is 1. The zero-order chi connectivity index (χ0) is 20.9.